The van der Waals surface area contributed by atoms with Gasteiger partial charge in [0.25, 0.3) is 0 Å². The maximum Gasteiger partial charge on any atom is 0.0798 e. The Morgan fingerprint density at radius 3 is 2.63 bits per heavy atom. The van der Waals surface area contributed by atoms with Crippen LogP contribution in [0.5, 0.6) is 0 Å². The minimum absolute atomic E-state index is 0.360. The molecule has 100 valence electrons. The Morgan fingerprint density at radius 2 is 1.89 bits per heavy atom. The minimum atomic E-state index is -0.360. The van der Waals surface area contributed by atoms with E-state index in [1.54, 1.807) is 11.8 Å². The van der Waals surface area contributed by atoms with Crippen molar-refractivity contribution in [1.82, 2.24) is 0 Å². The Morgan fingerprint density at radius 1 is 1.11 bits per heavy atom. The van der Waals surface area contributed by atoms with E-state index < -0.39 is 0 Å². The normalized spacial score (nSPS) is 12.4. The number of aliphatic hydroxyl groups is 1. The molecule has 0 spiro atoms. The number of hydrogen-bond donors (Lipinski definition) is 1. The van der Waals surface area contributed by atoms with E-state index in [4.69, 9.17) is 0 Å². The summed E-state index contributed by atoms with van der Waals surface area (Å²) in [5, 5.41) is 10.0. The molecule has 2 aromatic rings. The molecule has 0 aliphatic rings. The van der Waals surface area contributed by atoms with Gasteiger partial charge in [0.1, 0.15) is 0 Å². The predicted octanol–water partition coefficient (Wildman–Crippen LogP) is 4.73. The third-order valence-electron chi connectivity index (χ3n) is 3.14. The number of hydrogen-bond acceptors (Lipinski definition) is 2. The summed E-state index contributed by atoms with van der Waals surface area (Å²) in [6.07, 6.45) is 0.392. The molecule has 1 nitrogen and oxygen atoms in total. The lowest BCUT2D eigenvalue weighted by molar-refractivity contribution is 0.171. The molecule has 2 heteroatoms. The van der Waals surface area contributed by atoms with Gasteiger partial charge in [0.2, 0.25) is 0 Å². The molecule has 19 heavy (non-hydrogen) atoms. The van der Waals surface area contributed by atoms with Gasteiger partial charge in [-0.25, -0.2) is 0 Å². The Kier molecular flexibility index (Phi) is 5.06. The van der Waals surface area contributed by atoms with E-state index in [0.717, 1.165) is 17.7 Å². The maximum absolute atomic E-state index is 10.0. The Hall–Kier alpha value is -1.25. The Balaban J connectivity index is 2.11. The summed E-state index contributed by atoms with van der Waals surface area (Å²) in [6, 6.07) is 16.7. The van der Waals surface area contributed by atoms with Gasteiger partial charge < -0.3 is 5.11 Å². The summed E-state index contributed by atoms with van der Waals surface area (Å²) < 4.78 is 0. The molecule has 0 saturated heterocycles. The molecule has 0 amide bonds. The second kappa shape index (κ2) is 6.78. The summed E-state index contributed by atoms with van der Waals surface area (Å²) >= 11 is 1.79. The molecule has 0 aliphatic heterocycles. The van der Waals surface area contributed by atoms with Crippen molar-refractivity contribution in [2.75, 3.05) is 0 Å². The highest BCUT2D eigenvalue weighted by atomic mass is 32.2. The molecule has 0 heterocycles. The molecule has 2 rings (SSSR count). The lowest BCUT2D eigenvalue weighted by atomic mass is 10.1. The van der Waals surface area contributed by atoms with Crippen LogP contribution in [0.2, 0.25) is 0 Å². The molecule has 2 aromatic carbocycles. The lowest BCUT2D eigenvalue weighted by Gasteiger charge is -2.13. The predicted molar refractivity (Wildman–Crippen MR) is 82.4 cm³/mol. The topological polar surface area (TPSA) is 20.2 Å². The van der Waals surface area contributed by atoms with Gasteiger partial charge in [-0.3, -0.25) is 0 Å². The highest BCUT2D eigenvalue weighted by molar-refractivity contribution is 7.98. The molecular formula is C17H20OS. The summed E-state index contributed by atoms with van der Waals surface area (Å²) in [6.45, 7) is 4.12. The van der Waals surface area contributed by atoms with Crippen LogP contribution in [0.25, 0.3) is 0 Å². The zero-order chi connectivity index (χ0) is 13.7. The van der Waals surface area contributed by atoms with Gasteiger partial charge in [-0.1, -0.05) is 55.0 Å². The smallest absolute Gasteiger partial charge is 0.0798 e. The largest absolute Gasteiger partial charge is 0.388 e. The van der Waals surface area contributed by atoms with E-state index in [0.29, 0.717) is 0 Å². The second-order valence-corrected chi connectivity index (χ2v) is 5.76. The quantitative estimate of drug-likeness (QED) is 0.794. The van der Waals surface area contributed by atoms with E-state index in [1.165, 1.54) is 16.0 Å². The number of benzene rings is 2. The van der Waals surface area contributed by atoms with Crippen molar-refractivity contribution in [3.05, 3.63) is 65.2 Å². The fourth-order valence-electron chi connectivity index (χ4n) is 2.07. The summed E-state index contributed by atoms with van der Waals surface area (Å²) in [7, 11) is 0. The van der Waals surface area contributed by atoms with Crippen LogP contribution in [0, 0.1) is 6.92 Å². The average molecular weight is 272 g/mol. The highest BCUT2D eigenvalue weighted by Crippen LogP contribution is 2.31. The van der Waals surface area contributed by atoms with E-state index in [2.05, 4.69) is 37.3 Å². The third kappa shape index (κ3) is 3.85. The second-order valence-electron chi connectivity index (χ2n) is 4.74. The minimum Gasteiger partial charge on any atom is -0.388 e. The highest BCUT2D eigenvalue weighted by Gasteiger charge is 2.10. The van der Waals surface area contributed by atoms with Crippen LogP contribution in [-0.2, 0) is 5.75 Å². The fourth-order valence-corrected chi connectivity index (χ4v) is 3.12. The monoisotopic (exact) mass is 272 g/mol. The van der Waals surface area contributed by atoms with Gasteiger partial charge in [-0.2, -0.15) is 0 Å². The van der Waals surface area contributed by atoms with E-state index in [-0.39, 0.29) is 6.10 Å². The molecule has 0 radical (unpaired) electrons. The van der Waals surface area contributed by atoms with Gasteiger partial charge >= 0.3 is 0 Å². The molecule has 1 atom stereocenters. The molecule has 1 N–H and O–H groups in total. The van der Waals surface area contributed by atoms with Crippen LogP contribution in [-0.4, -0.2) is 5.11 Å². The molecule has 0 aliphatic carbocycles. The van der Waals surface area contributed by atoms with Gasteiger partial charge in [-0.05, 0) is 30.5 Å². The van der Waals surface area contributed by atoms with Gasteiger partial charge in [0.05, 0.1) is 6.10 Å². The van der Waals surface area contributed by atoms with Crippen molar-refractivity contribution in [3.63, 3.8) is 0 Å². The third-order valence-corrected chi connectivity index (χ3v) is 4.30. The zero-order valence-corrected chi connectivity index (χ0v) is 12.3. The summed E-state index contributed by atoms with van der Waals surface area (Å²) in [5.74, 6) is 0.940. The van der Waals surface area contributed by atoms with Gasteiger partial charge in [0, 0.05) is 10.6 Å². The average Bonchev–Trinajstić information content (AvgIpc) is 2.45. The van der Waals surface area contributed by atoms with Crippen LogP contribution >= 0.6 is 11.8 Å². The number of aliphatic hydroxyl groups excluding tert-OH is 1. The molecule has 0 bridgehead atoms. The number of aryl methyl sites for hydroxylation is 1. The van der Waals surface area contributed by atoms with Crippen molar-refractivity contribution < 1.29 is 5.11 Å². The number of rotatable bonds is 5. The maximum atomic E-state index is 10.0. The van der Waals surface area contributed by atoms with Crippen LogP contribution in [0.4, 0.5) is 0 Å². The Bertz CT molecular complexity index is 536. The van der Waals surface area contributed by atoms with Crippen LogP contribution in [0.3, 0.4) is 0 Å². The lowest BCUT2D eigenvalue weighted by Crippen LogP contribution is -1.97. The molecular weight excluding hydrogens is 252 g/mol. The first-order valence-electron chi connectivity index (χ1n) is 6.66. The van der Waals surface area contributed by atoms with E-state index in [1.807, 2.05) is 25.1 Å². The van der Waals surface area contributed by atoms with Crippen LogP contribution in [0.1, 0.15) is 36.1 Å². The SMILES string of the molecule is CC[C@@H](O)c1ccccc1SCc1cccc(C)c1. The Labute approximate surface area is 119 Å². The molecule has 0 unspecified atom stereocenters. The van der Waals surface area contributed by atoms with E-state index in [9.17, 15) is 5.11 Å². The van der Waals surface area contributed by atoms with Crippen molar-refractivity contribution in [2.45, 2.75) is 37.0 Å². The van der Waals surface area contributed by atoms with Gasteiger partial charge in [-0.15, -0.1) is 11.8 Å². The van der Waals surface area contributed by atoms with Crippen LogP contribution in [0.15, 0.2) is 53.4 Å². The van der Waals surface area contributed by atoms with Crippen molar-refractivity contribution in [3.8, 4) is 0 Å². The first-order chi connectivity index (χ1) is 9.20. The van der Waals surface area contributed by atoms with Crippen molar-refractivity contribution in [1.29, 1.82) is 0 Å². The summed E-state index contributed by atoms with van der Waals surface area (Å²) in [4.78, 5) is 1.18. The van der Waals surface area contributed by atoms with Gasteiger partial charge in [0.15, 0.2) is 0 Å². The number of thioether (sulfide) groups is 1. The fraction of sp³-hybridized carbons (Fsp3) is 0.294. The zero-order valence-electron chi connectivity index (χ0n) is 11.5. The molecule has 0 aromatic heterocycles. The summed E-state index contributed by atoms with van der Waals surface area (Å²) in [5.41, 5.74) is 3.66. The van der Waals surface area contributed by atoms with Crippen molar-refractivity contribution in [2.24, 2.45) is 0 Å². The first kappa shape index (κ1) is 14.2. The molecule has 0 fully saturated rings. The standard InChI is InChI=1S/C17H20OS/c1-3-16(18)15-9-4-5-10-17(15)19-12-14-8-6-7-13(2)11-14/h4-11,16,18H,3,12H2,1-2H3/t16-/m1/s1. The van der Waals surface area contributed by atoms with Crippen molar-refractivity contribution >= 4 is 11.8 Å². The molecule has 0 saturated carbocycles. The van der Waals surface area contributed by atoms with E-state index >= 15 is 0 Å². The first-order valence-corrected chi connectivity index (χ1v) is 7.64. The van der Waals surface area contributed by atoms with Crippen LogP contribution < -0.4 is 0 Å².